The smallest absolute Gasteiger partial charge is 0.165 e. The molecule has 2 rings (SSSR count). The van der Waals surface area contributed by atoms with Crippen LogP contribution in [0, 0.1) is 6.92 Å². The molecule has 2 aromatic rings. The van der Waals surface area contributed by atoms with Crippen molar-refractivity contribution in [2.24, 2.45) is 0 Å². The summed E-state index contributed by atoms with van der Waals surface area (Å²) in [5.41, 5.74) is 3.91. The highest BCUT2D eigenvalue weighted by atomic mass is 16.5. The van der Waals surface area contributed by atoms with Crippen molar-refractivity contribution in [2.45, 2.75) is 59.3 Å². The van der Waals surface area contributed by atoms with E-state index in [9.17, 15) is 10.2 Å². The molecule has 0 aliphatic rings. The van der Waals surface area contributed by atoms with E-state index in [0.29, 0.717) is 17.1 Å². The molecule has 0 fully saturated rings. The minimum atomic E-state index is -0.219. The molecule has 0 aliphatic carbocycles. The van der Waals surface area contributed by atoms with Gasteiger partial charge < -0.3 is 14.9 Å². The van der Waals surface area contributed by atoms with Crippen molar-refractivity contribution in [3.05, 3.63) is 41.0 Å². The Morgan fingerprint density at radius 2 is 1.24 bits per heavy atom. The van der Waals surface area contributed by atoms with Gasteiger partial charge in [0.2, 0.25) is 0 Å². The third kappa shape index (κ3) is 3.76. The fraction of sp³-hybridized carbons (Fsp3) is 0.455. The molecule has 136 valence electrons. The molecular formula is C22H30O3. The average Bonchev–Trinajstić information content (AvgIpc) is 2.47. The van der Waals surface area contributed by atoms with Crippen LogP contribution in [0.3, 0.4) is 0 Å². The molecule has 2 aromatic carbocycles. The second-order valence-electron chi connectivity index (χ2n) is 8.78. The molecule has 0 aliphatic heterocycles. The largest absolute Gasteiger partial charge is 0.507 e. The van der Waals surface area contributed by atoms with Crippen LogP contribution in [0.2, 0.25) is 0 Å². The third-order valence-corrected chi connectivity index (χ3v) is 4.48. The number of methoxy groups -OCH3 is 1. The Morgan fingerprint density at radius 1 is 0.760 bits per heavy atom. The Morgan fingerprint density at radius 3 is 1.64 bits per heavy atom. The molecule has 0 saturated heterocycles. The Bertz CT molecular complexity index is 755. The van der Waals surface area contributed by atoms with Gasteiger partial charge in [-0.2, -0.15) is 0 Å². The van der Waals surface area contributed by atoms with Crippen molar-refractivity contribution >= 4 is 0 Å². The number of hydrogen-bond acceptors (Lipinski definition) is 3. The van der Waals surface area contributed by atoms with E-state index in [1.54, 1.807) is 7.11 Å². The predicted molar refractivity (Wildman–Crippen MR) is 104 cm³/mol. The van der Waals surface area contributed by atoms with Gasteiger partial charge in [-0.05, 0) is 53.1 Å². The van der Waals surface area contributed by atoms with Gasteiger partial charge in [-0.15, -0.1) is 0 Å². The van der Waals surface area contributed by atoms with Gasteiger partial charge in [0.15, 0.2) is 11.5 Å². The lowest BCUT2D eigenvalue weighted by molar-refractivity contribution is 0.374. The van der Waals surface area contributed by atoms with Crippen molar-refractivity contribution in [1.82, 2.24) is 0 Å². The molecule has 0 atom stereocenters. The van der Waals surface area contributed by atoms with E-state index in [-0.39, 0.29) is 16.6 Å². The van der Waals surface area contributed by atoms with Crippen LogP contribution in [0.5, 0.6) is 17.2 Å². The molecule has 0 aromatic heterocycles. The maximum atomic E-state index is 10.9. The molecule has 3 nitrogen and oxygen atoms in total. The van der Waals surface area contributed by atoms with E-state index in [0.717, 1.165) is 22.3 Å². The number of rotatable bonds is 2. The molecule has 25 heavy (non-hydrogen) atoms. The van der Waals surface area contributed by atoms with Crippen LogP contribution in [0.25, 0.3) is 11.1 Å². The summed E-state index contributed by atoms with van der Waals surface area (Å²) in [5, 5.41) is 21.5. The molecule has 0 bridgehead atoms. The Labute approximate surface area is 151 Å². The molecule has 3 heteroatoms. The third-order valence-electron chi connectivity index (χ3n) is 4.48. The van der Waals surface area contributed by atoms with Crippen LogP contribution in [0.15, 0.2) is 24.3 Å². The van der Waals surface area contributed by atoms with Crippen molar-refractivity contribution < 1.29 is 14.9 Å². The van der Waals surface area contributed by atoms with Gasteiger partial charge in [0.05, 0.1) is 7.11 Å². The molecule has 0 unspecified atom stereocenters. The predicted octanol–water partition coefficient (Wildman–Crippen LogP) is 5.68. The normalized spacial score (nSPS) is 12.3. The first kappa shape index (κ1) is 19.2. The summed E-state index contributed by atoms with van der Waals surface area (Å²) in [5.74, 6) is 0.916. The van der Waals surface area contributed by atoms with Gasteiger partial charge in [0.1, 0.15) is 5.75 Å². The van der Waals surface area contributed by atoms with E-state index in [1.165, 1.54) is 0 Å². The maximum Gasteiger partial charge on any atom is 0.165 e. The number of aryl methyl sites for hydroxylation is 1. The first-order valence-corrected chi connectivity index (χ1v) is 8.62. The topological polar surface area (TPSA) is 49.7 Å². The summed E-state index contributed by atoms with van der Waals surface area (Å²) in [4.78, 5) is 0. The average molecular weight is 342 g/mol. The van der Waals surface area contributed by atoms with Crippen LogP contribution in [-0.4, -0.2) is 17.3 Å². The summed E-state index contributed by atoms with van der Waals surface area (Å²) in [6.07, 6.45) is 0. The van der Waals surface area contributed by atoms with Gasteiger partial charge in [-0.1, -0.05) is 41.5 Å². The molecule has 0 saturated carbocycles. The lowest BCUT2D eigenvalue weighted by Crippen LogP contribution is -2.17. The van der Waals surface area contributed by atoms with Crippen LogP contribution in [0.1, 0.15) is 58.2 Å². The van der Waals surface area contributed by atoms with Crippen LogP contribution in [0.4, 0.5) is 0 Å². The fourth-order valence-electron chi connectivity index (χ4n) is 3.05. The maximum absolute atomic E-state index is 10.9. The van der Waals surface area contributed by atoms with Gasteiger partial charge in [0, 0.05) is 16.7 Å². The Balaban J connectivity index is 2.86. The highest BCUT2D eigenvalue weighted by Crippen LogP contribution is 2.45. The first-order valence-electron chi connectivity index (χ1n) is 8.62. The fourth-order valence-corrected chi connectivity index (χ4v) is 3.05. The Hall–Kier alpha value is -2.16. The van der Waals surface area contributed by atoms with E-state index < -0.39 is 0 Å². The van der Waals surface area contributed by atoms with Gasteiger partial charge >= 0.3 is 0 Å². The number of hydrogen-bond donors (Lipinski definition) is 2. The minimum absolute atomic E-state index is 0.124. The molecule has 0 radical (unpaired) electrons. The highest BCUT2D eigenvalue weighted by Gasteiger charge is 2.27. The zero-order chi connectivity index (χ0) is 19.2. The quantitative estimate of drug-likeness (QED) is 0.738. The van der Waals surface area contributed by atoms with Crippen molar-refractivity contribution in [3.63, 3.8) is 0 Å². The molecule has 0 heterocycles. The van der Waals surface area contributed by atoms with Crippen LogP contribution >= 0.6 is 0 Å². The van der Waals surface area contributed by atoms with Gasteiger partial charge in [-0.3, -0.25) is 0 Å². The van der Waals surface area contributed by atoms with Crippen molar-refractivity contribution in [1.29, 1.82) is 0 Å². The molecule has 2 N–H and O–H groups in total. The first-order chi connectivity index (χ1) is 11.4. The number of phenols is 2. The van der Waals surface area contributed by atoms with Crippen LogP contribution in [-0.2, 0) is 10.8 Å². The lowest BCUT2D eigenvalue weighted by Gasteiger charge is -2.28. The molecule has 0 spiro atoms. The van der Waals surface area contributed by atoms with E-state index in [2.05, 4.69) is 41.5 Å². The second kappa shape index (κ2) is 6.29. The molecular weight excluding hydrogens is 312 g/mol. The lowest BCUT2D eigenvalue weighted by atomic mass is 9.77. The van der Waals surface area contributed by atoms with Crippen molar-refractivity contribution in [3.8, 4) is 28.4 Å². The Kier molecular flexibility index (Phi) is 4.82. The monoisotopic (exact) mass is 342 g/mol. The number of benzene rings is 2. The van der Waals surface area contributed by atoms with Crippen molar-refractivity contribution in [2.75, 3.05) is 7.11 Å². The van der Waals surface area contributed by atoms with E-state index in [1.807, 2.05) is 31.2 Å². The van der Waals surface area contributed by atoms with E-state index >= 15 is 0 Å². The molecule has 0 amide bonds. The summed E-state index contributed by atoms with van der Waals surface area (Å²) >= 11 is 0. The second-order valence-corrected chi connectivity index (χ2v) is 8.78. The number of aromatic hydroxyl groups is 2. The number of ether oxygens (including phenoxy) is 1. The summed E-state index contributed by atoms with van der Waals surface area (Å²) < 4.78 is 5.31. The van der Waals surface area contributed by atoms with Gasteiger partial charge in [0.25, 0.3) is 0 Å². The van der Waals surface area contributed by atoms with Crippen LogP contribution < -0.4 is 4.74 Å². The van der Waals surface area contributed by atoms with E-state index in [4.69, 9.17) is 4.74 Å². The SMILES string of the molecule is COc1cc(C)cc(-c2cc(C(C)(C)C)c(O)c(C(C)(C)C)c2)c1O. The zero-order valence-electron chi connectivity index (χ0n) is 16.6. The summed E-state index contributed by atoms with van der Waals surface area (Å²) in [6, 6.07) is 7.70. The van der Waals surface area contributed by atoms with Gasteiger partial charge in [-0.25, -0.2) is 0 Å². The summed E-state index contributed by atoms with van der Waals surface area (Å²) in [7, 11) is 1.55. The zero-order valence-corrected chi connectivity index (χ0v) is 16.6. The summed E-state index contributed by atoms with van der Waals surface area (Å²) in [6.45, 7) is 14.4. The minimum Gasteiger partial charge on any atom is -0.507 e. The number of phenolic OH excluding ortho intramolecular Hbond substituents is 2. The standard InChI is InChI=1S/C22H30O3/c1-13-9-15(19(23)18(10-13)25-8)14-11-16(21(2,3)4)20(24)17(12-14)22(5,6)7/h9-12,23-24H,1-8H3. The highest BCUT2D eigenvalue weighted by molar-refractivity contribution is 5.77.